The summed E-state index contributed by atoms with van der Waals surface area (Å²) in [5.74, 6) is -0.829. The Bertz CT molecular complexity index is 276. The van der Waals surface area contributed by atoms with Gasteiger partial charge in [-0.05, 0) is 0 Å². The van der Waals surface area contributed by atoms with Gasteiger partial charge in [-0.1, -0.05) is 0 Å². The number of carboxylic acid groups (broad SMARTS) is 1. The van der Waals surface area contributed by atoms with Crippen LogP contribution in [0.25, 0.3) is 0 Å². The van der Waals surface area contributed by atoms with E-state index >= 15 is 0 Å². The summed E-state index contributed by atoms with van der Waals surface area (Å²) in [5, 5.41) is 12.2. The summed E-state index contributed by atoms with van der Waals surface area (Å²) in [6, 6.07) is 8.79. The molecule has 0 amide bonds. The normalized spacial score (nSPS) is 12.1. The van der Waals surface area contributed by atoms with Crippen molar-refractivity contribution >= 4 is 27.7 Å². The molecule has 1 aromatic carbocycles. The molecule has 0 aliphatic heterocycles. The number of nitrogens with one attached hydrogen (secondary N) is 1. The molecule has 0 bridgehead atoms. The van der Waals surface area contributed by atoms with E-state index in [4.69, 9.17) is 5.11 Å². The second-order valence-electron chi connectivity index (χ2n) is 2.58. The van der Waals surface area contributed by atoms with Crippen molar-refractivity contribution in [3.05, 3.63) is 30.3 Å². The molecule has 70 valence electrons. The topological polar surface area (TPSA) is 49.3 Å². The third-order valence-electron chi connectivity index (χ3n) is 1.60. The number of rotatable bonds is 4. The summed E-state index contributed by atoms with van der Waals surface area (Å²) in [5.41, 5.74) is 0.834. The van der Waals surface area contributed by atoms with Gasteiger partial charge in [-0.3, -0.25) is 0 Å². The van der Waals surface area contributed by atoms with E-state index in [-0.39, 0.29) is 0 Å². The Morgan fingerprint density at radius 3 is 2.54 bits per heavy atom. The number of para-hydroxylation sites is 1. The van der Waals surface area contributed by atoms with Crippen LogP contribution in [0.5, 0.6) is 0 Å². The van der Waals surface area contributed by atoms with Gasteiger partial charge < -0.3 is 0 Å². The molecule has 3 nitrogen and oxygen atoms in total. The summed E-state index contributed by atoms with van der Waals surface area (Å²) in [7, 11) is 0. The molecular formula is C9H11NO2Se. The molecule has 2 N–H and O–H groups in total. The molecule has 13 heavy (non-hydrogen) atoms. The van der Waals surface area contributed by atoms with Crippen LogP contribution >= 0.6 is 0 Å². The monoisotopic (exact) mass is 245 g/mol. The molecule has 0 radical (unpaired) electrons. The van der Waals surface area contributed by atoms with Crippen LogP contribution in [0.15, 0.2) is 30.3 Å². The molecule has 0 heterocycles. The Kier molecular flexibility index (Phi) is 3.80. The van der Waals surface area contributed by atoms with Crippen LogP contribution in [0.3, 0.4) is 0 Å². The van der Waals surface area contributed by atoms with Crippen molar-refractivity contribution in [3.63, 3.8) is 0 Å². The van der Waals surface area contributed by atoms with Gasteiger partial charge in [0, 0.05) is 0 Å². The molecule has 0 aliphatic carbocycles. The Labute approximate surface area is 85.0 Å². The molecule has 0 fully saturated rings. The van der Waals surface area contributed by atoms with Crippen molar-refractivity contribution in [2.24, 2.45) is 0 Å². The van der Waals surface area contributed by atoms with Crippen LogP contribution in [-0.4, -0.2) is 33.1 Å². The maximum atomic E-state index is 10.7. The standard InChI is InChI=1S/C9H11NO2Se/c11-9(12)8(6-13)10-7-4-2-1-3-5-7/h1-5,8,10,13H,6H2,(H,11,12)/t8-/m0/s1. The molecule has 0 aromatic heterocycles. The molecule has 1 rings (SSSR count). The van der Waals surface area contributed by atoms with Gasteiger partial charge in [-0.2, -0.15) is 0 Å². The van der Waals surface area contributed by atoms with Gasteiger partial charge in [0.25, 0.3) is 0 Å². The summed E-state index contributed by atoms with van der Waals surface area (Å²) in [6.45, 7) is 0. The third kappa shape index (κ3) is 3.09. The molecule has 1 aromatic rings. The first-order valence-corrected chi connectivity index (χ1v) is 5.22. The number of carbonyl (C=O) groups is 1. The van der Waals surface area contributed by atoms with E-state index in [9.17, 15) is 4.79 Å². The second kappa shape index (κ2) is 4.90. The van der Waals surface area contributed by atoms with Gasteiger partial charge in [0.1, 0.15) is 0 Å². The minimum absolute atomic E-state index is 0.511. The predicted molar refractivity (Wildman–Crippen MR) is 53.4 cm³/mol. The molecule has 1 atom stereocenters. The quantitative estimate of drug-likeness (QED) is 0.773. The Morgan fingerprint density at radius 2 is 2.08 bits per heavy atom. The van der Waals surface area contributed by atoms with Crippen molar-refractivity contribution in [3.8, 4) is 0 Å². The summed E-state index contributed by atoms with van der Waals surface area (Å²) >= 11 is 2.27. The number of aliphatic carboxylic acids is 1. The molecule has 0 saturated heterocycles. The Balaban J connectivity index is 2.62. The van der Waals surface area contributed by atoms with Crippen molar-refractivity contribution in [2.75, 3.05) is 5.32 Å². The fourth-order valence-corrected chi connectivity index (χ4v) is 1.44. The Morgan fingerprint density at radius 1 is 1.46 bits per heavy atom. The van der Waals surface area contributed by atoms with Gasteiger partial charge in [0.05, 0.1) is 0 Å². The fourth-order valence-electron chi connectivity index (χ4n) is 0.921. The predicted octanol–water partition coefficient (Wildman–Crippen LogP) is 0.871. The van der Waals surface area contributed by atoms with Crippen LogP contribution in [0.2, 0.25) is 5.32 Å². The third-order valence-corrected chi connectivity index (χ3v) is 2.36. The zero-order chi connectivity index (χ0) is 9.68. The summed E-state index contributed by atoms with van der Waals surface area (Å²) in [4.78, 5) is 10.7. The van der Waals surface area contributed by atoms with E-state index in [2.05, 4.69) is 21.3 Å². The summed E-state index contributed by atoms with van der Waals surface area (Å²) in [6.07, 6.45) is 0. The van der Waals surface area contributed by atoms with E-state index in [1.165, 1.54) is 0 Å². The van der Waals surface area contributed by atoms with Crippen molar-refractivity contribution in [1.82, 2.24) is 0 Å². The van der Waals surface area contributed by atoms with Crippen molar-refractivity contribution in [2.45, 2.75) is 11.4 Å². The second-order valence-corrected chi connectivity index (χ2v) is 3.35. The molecule has 0 aliphatic rings. The zero-order valence-electron chi connectivity index (χ0n) is 6.97. The van der Waals surface area contributed by atoms with Gasteiger partial charge >= 0.3 is 84.6 Å². The number of carboxylic acids is 1. The Hall–Kier alpha value is -0.991. The van der Waals surface area contributed by atoms with E-state index < -0.39 is 12.0 Å². The number of hydrogen-bond acceptors (Lipinski definition) is 2. The molecule has 0 saturated carbocycles. The molecule has 0 unspecified atom stereocenters. The fraction of sp³-hybridized carbons (Fsp3) is 0.222. The van der Waals surface area contributed by atoms with Crippen LogP contribution in [0, 0.1) is 0 Å². The SMILES string of the molecule is O=C(O)[C@H](C[SeH])Nc1ccccc1. The first-order valence-electron chi connectivity index (χ1n) is 3.89. The number of benzene rings is 1. The molecule has 0 spiro atoms. The summed E-state index contributed by atoms with van der Waals surface area (Å²) < 4.78 is 0. The van der Waals surface area contributed by atoms with E-state index in [0.29, 0.717) is 5.32 Å². The van der Waals surface area contributed by atoms with Gasteiger partial charge in [0.2, 0.25) is 0 Å². The van der Waals surface area contributed by atoms with Gasteiger partial charge in [-0.25, -0.2) is 0 Å². The first kappa shape index (κ1) is 10.1. The van der Waals surface area contributed by atoms with Crippen molar-refractivity contribution in [1.29, 1.82) is 0 Å². The molecular weight excluding hydrogens is 233 g/mol. The van der Waals surface area contributed by atoms with Gasteiger partial charge in [0.15, 0.2) is 0 Å². The van der Waals surface area contributed by atoms with E-state index in [0.717, 1.165) is 5.69 Å². The number of anilines is 1. The van der Waals surface area contributed by atoms with Crippen molar-refractivity contribution < 1.29 is 9.90 Å². The number of hydrogen-bond donors (Lipinski definition) is 2. The van der Waals surface area contributed by atoms with Crippen LogP contribution < -0.4 is 5.32 Å². The van der Waals surface area contributed by atoms with Crippen LogP contribution in [-0.2, 0) is 4.79 Å². The zero-order valence-corrected chi connectivity index (χ0v) is 8.85. The van der Waals surface area contributed by atoms with Crippen LogP contribution in [0.1, 0.15) is 0 Å². The molecule has 4 heteroatoms. The first-order chi connectivity index (χ1) is 6.24. The van der Waals surface area contributed by atoms with Gasteiger partial charge in [-0.15, -0.1) is 0 Å². The average Bonchev–Trinajstić information content (AvgIpc) is 2.15. The maximum absolute atomic E-state index is 10.7. The average molecular weight is 244 g/mol. The van der Waals surface area contributed by atoms with Crippen LogP contribution in [0.4, 0.5) is 5.69 Å². The minimum atomic E-state index is -0.829. The van der Waals surface area contributed by atoms with E-state index in [1.54, 1.807) is 0 Å². The van der Waals surface area contributed by atoms with E-state index in [1.807, 2.05) is 30.3 Å².